The standard InChI is InChI=1S/C13H8N2O2.C10H8N2.C6H6O3.C3H8.C2H6.Ru/c16-13(17)10-5-7-15-12-9(10)4-3-8-2-1-6-14-11(8)12;1-3-7-11-9(5-1)10-6-2-4-8-12-10;1-4-6(8)5(7)2-3-9-4;1-3-2;1-2;/h1-7H,(H,16,17);1-8H;2-3,8H,1H3;3H2,1-2H3;1-2H3;. The topological polar surface area (TPSA) is 139 Å². The number of aromatic hydroxyl groups is 1. The van der Waals surface area contributed by atoms with E-state index in [1.54, 1.807) is 24.7 Å². The molecule has 9 nitrogen and oxygen atoms in total. The molecule has 5 heterocycles. The van der Waals surface area contributed by atoms with Crippen LogP contribution in [0.2, 0.25) is 0 Å². The minimum atomic E-state index is -0.951. The first-order valence-electron chi connectivity index (χ1n) is 13.8. The average molecular weight is 682 g/mol. The Labute approximate surface area is 269 Å². The minimum Gasteiger partial charge on any atom is -0.502 e. The summed E-state index contributed by atoms with van der Waals surface area (Å²) in [5.74, 6) is -1.01. The Bertz CT molecular complexity index is 1730. The number of benzene rings is 1. The second-order valence-electron chi connectivity index (χ2n) is 8.53. The number of hydrogen-bond donors (Lipinski definition) is 2. The van der Waals surface area contributed by atoms with Crippen LogP contribution in [0.15, 0.2) is 113 Å². The van der Waals surface area contributed by atoms with Crippen LogP contribution in [0.3, 0.4) is 0 Å². The summed E-state index contributed by atoms with van der Waals surface area (Å²) in [6.45, 7) is 9.77. The maximum absolute atomic E-state index is 11.1. The summed E-state index contributed by atoms with van der Waals surface area (Å²) in [5.41, 5.74) is 3.04. The zero-order valence-corrected chi connectivity index (χ0v) is 27.0. The van der Waals surface area contributed by atoms with Crippen LogP contribution >= 0.6 is 0 Å². The molecule has 0 aliphatic rings. The molecule has 44 heavy (non-hydrogen) atoms. The van der Waals surface area contributed by atoms with Crippen molar-refractivity contribution in [2.24, 2.45) is 0 Å². The van der Waals surface area contributed by atoms with Crippen molar-refractivity contribution in [3.8, 4) is 17.1 Å². The molecule has 1 aromatic carbocycles. The first kappa shape index (κ1) is 37.2. The fourth-order valence-corrected chi connectivity index (χ4v) is 3.48. The van der Waals surface area contributed by atoms with Gasteiger partial charge in [0.1, 0.15) is 5.76 Å². The first-order valence-corrected chi connectivity index (χ1v) is 13.8. The number of aromatic carboxylic acids is 1. The summed E-state index contributed by atoms with van der Waals surface area (Å²) in [6.07, 6.45) is 9.21. The largest absolute Gasteiger partial charge is 0.502 e. The number of fused-ring (bicyclic) bond motifs is 3. The van der Waals surface area contributed by atoms with E-state index in [2.05, 4.69) is 38.2 Å². The molecule has 0 fully saturated rings. The van der Waals surface area contributed by atoms with Crippen molar-refractivity contribution in [3.63, 3.8) is 0 Å². The van der Waals surface area contributed by atoms with E-state index in [1.807, 2.05) is 68.4 Å². The molecule has 230 valence electrons. The number of carboxylic acids is 1. The average Bonchev–Trinajstić information content (AvgIpc) is 3.06. The Balaban J connectivity index is 0.000000317. The van der Waals surface area contributed by atoms with Gasteiger partial charge < -0.3 is 14.6 Å². The first-order chi connectivity index (χ1) is 20.9. The van der Waals surface area contributed by atoms with Gasteiger partial charge in [0.25, 0.3) is 0 Å². The Morgan fingerprint density at radius 2 is 1.32 bits per heavy atom. The SMILES string of the molecule is CC.CCC.Cc1occc(=O)c1O.O=C(O)c1ccnc2c1ccc1cccnc12.[Ru].c1ccc(-c2ccccn2)nc1. The van der Waals surface area contributed by atoms with Crippen molar-refractivity contribution in [1.82, 2.24) is 19.9 Å². The molecule has 0 radical (unpaired) electrons. The normalized spacial score (nSPS) is 9.30. The van der Waals surface area contributed by atoms with E-state index in [1.165, 1.54) is 37.9 Å². The summed E-state index contributed by atoms with van der Waals surface area (Å²) in [5, 5.41) is 19.5. The second-order valence-corrected chi connectivity index (χ2v) is 8.53. The molecule has 0 saturated carbocycles. The van der Waals surface area contributed by atoms with Crippen LogP contribution in [-0.4, -0.2) is 36.1 Å². The van der Waals surface area contributed by atoms with Crippen molar-refractivity contribution in [1.29, 1.82) is 0 Å². The maximum atomic E-state index is 11.1. The van der Waals surface area contributed by atoms with E-state index in [-0.39, 0.29) is 36.6 Å². The van der Waals surface area contributed by atoms with Crippen LogP contribution in [0.4, 0.5) is 0 Å². The Kier molecular flexibility index (Phi) is 17.0. The van der Waals surface area contributed by atoms with Crippen LogP contribution in [0.5, 0.6) is 5.75 Å². The van der Waals surface area contributed by atoms with Gasteiger partial charge in [-0.25, -0.2) is 4.79 Å². The number of aryl methyl sites for hydroxylation is 1. The van der Waals surface area contributed by atoms with Gasteiger partial charge >= 0.3 is 5.97 Å². The van der Waals surface area contributed by atoms with Crippen molar-refractivity contribution >= 4 is 27.8 Å². The molecule has 0 amide bonds. The van der Waals surface area contributed by atoms with Gasteiger partial charge in [-0.2, -0.15) is 0 Å². The number of hydrogen-bond acceptors (Lipinski definition) is 8. The van der Waals surface area contributed by atoms with Gasteiger partial charge in [0.2, 0.25) is 11.2 Å². The summed E-state index contributed by atoms with van der Waals surface area (Å²) >= 11 is 0. The molecule has 6 rings (SSSR count). The summed E-state index contributed by atoms with van der Waals surface area (Å²) in [7, 11) is 0. The third kappa shape index (κ3) is 10.8. The molecule has 0 atom stereocenters. The van der Waals surface area contributed by atoms with Crippen molar-refractivity contribution in [2.45, 2.75) is 41.0 Å². The van der Waals surface area contributed by atoms with Crippen molar-refractivity contribution in [3.05, 3.63) is 125 Å². The number of carbonyl (C=O) groups is 1. The van der Waals surface area contributed by atoms with Crippen LogP contribution < -0.4 is 5.43 Å². The molecule has 0 saturated heterocycles. The maximum Gasteiger partial charge on any atom is 0.336 e. The van der Waals surface area contributed by atoms with E-state index in [4.69, 9.17) is 10.2 Å². The van der Waals surface area contributed by atoms with Crippen LogP contribution in [0.25, 0.3) is 33.2 Å². The molecule has 6 aromatic rings. The molecule has 0 aliphatic heterocycles. The van der Waals surface area contributed by atoms with Gasteiger partial charge in [-0.1, -0.05) is 64.4 Å². The fraction of sp³-hybridized carbons (Fsp3) is 0.176. The van der Waals surface area contributed by atoms with E-state index in [0.717, 1.165) is 22.3 Å². The number of aromatic nitrogens is 4. The van der Waals surface area contributed by atoms with Crippen molar-refractivity contribution in [2.75, 3.05) is 0 Å². The van der Waals surface area contributed by atoms with Crippen LogP contribution in [0.1, 0.15) is 50.2 Å². The van der Waals surface area contributed by atoms with Crippen LogP contribution in [0, 0.1) is 6.92 Å². The smallest absolute Gasteiger partial charge is 0.336 e. The number of nitrogens with zero attached hydrogens (tertiary/aromatic N) is 4. The van der Waals surface area contributed by atoms with Crippen molar-refractivity contribution < 1.29 is 38.9 Å². The third-order valence-electron chi connectivity index (χ3n) is 5.34. The number of rotatable bonds is 2. The van der Waals surface area contributed by atoms with E-state index >= 15 is 0 Å². The Morgan fingerprint density at radius 3 is 1.82 bits per heavy atom. The molecule has 0 unspecified atom stereocenters. The Hall–Kier alpha value is -4.82. The Morgan fingerprint density at radius 1 is 0.750 bits per heavy atom. The molecule has 10 heteroatoms. The zero-order chi connectivity index (χ0) is 31.6. The minimum absolute atomic E-state index is 0. The van der Waals surface area contributed by atoms with Gasteiger partial charge in [-0.15, -0.1) is 0 Å². The van der Waals surface area contributed by atoms with E-state index in [0.29, 0.717) is 10.9 Å². The second kappa shape index (κ2) is 20.2. The molecule has 2 N–H and O–H groups in total. The van der Waals surface area contributed by atoms with E-state index < -0.39 is 11.4 Å². The van der Waals surface area contributed by atoms with Gasteiger partial charge in [-0.05, 0) is 43.3 Å². The molecular formula is C34H36N4O5Ru. The monoisotopic (exact) mass is 682 g/mol. The zero-order valence-electron chi connectivity index (χ0n) is 25.3. The predicted octanol–water partition coefficient (Wildman–Crippen LogP) is 7.72. The molecule has 0 aliphatic carbocycles. The quantitative estimate of drug-likeness (QED) is 0.139. The third-order valence-corrected chi connectivity index (χ3v) is 5.34. The summed E-state index contributed by atoms with van der Waals surface area (Å²) in [6, 6.07) is 21.7. The molecule has 0 bridgehead atoms. The molecule has 0 spiro atoms. The van der Waals surface area contributed by atoms with Gasteiger partial charge in [0, 0.05) is 61.1 Å². The predicted molar refractivity (Wildman–Crippen MR) is 170 cm³/mol. The van der Waals surface area contributed by atoms with Gasteiger partial charge in [0.15, 0.2) is 0 Å². The summed E-state index contributed by atoms with van der Waals surface area (Å²) < 4.78 is 4.69. The number of pyridine rings is 4. The number of carboxylic acid groups (broad SMARTS) is 1. The fourth-order valence-electron chi connectivity index (χ4n) is 3.48. The molecule has 5 aromatic heterocycles. The van der Waals surface area contributed by atoms with Crippen LogP contribution in [-0.2, 0) is 19.5 Å². The summed E-state index contributed by atoms with van der Waals surface area (Å²) in [4.78, 5) is 38.5. The molecular weight excluding hydrogens is 645 g/mol. The van der Waals surface area contributed by atoms with E-state index in [9.17, 15) is 9.59 Å². The van der Waals surface area contributed by atoms with Gasteiger partial charge in [0.05, 0.1) is 34.2 Å². The van der Waals surface area contributed by atoms with Gasteiger partial charge in [-0.3, -0.25) is 24.7 Å².